The highest BCUT2D eigenvalue weighted by Crippen LogP contribution is 2.23. The Morgan fingerprint density at radius 3 is 2.94 bits per heavy atom. The van der Waals surface area contributed by atoms with E-state index in [9.17, 15) is 8.42 Å². The number of thioether (sulfide) groups is 1. The minimum atomic E-state index is -2.82. The molecule has 0 unspecified atom stereocenters. The number of sulfone groups is 1. The number of hydrogen-bond acceptors (Lipinski definition) is 5. The van der Waals surface area contributed by atoms with Crippen LogP contribution < -0.4 is 0 Å². The quantitative estimate of drug-likeness (QED) is 0.596. The minimum Gasteiger partial charge on any atom is -0.309 e. The van der Waals surface area contributed by atoms with Crippen molar-refractivity contribution in [2.45, 2.75) is 18.0 Å². The maximum atomic E-state index is 11.4. The van der Waals surface area contributed by atoms with Crippen LogP contribution in [0.1, 0.15) is 12.2 Å². The summed E-state index contributed by atoms with van der Waals surface area (Å²) in [5.41, 5.74) is 0. The molecular weight excluding hydrogens is 270 g/mol. The molecule has 1 atom stereocenters. The molecule has 1 aromatic rings. The van der Waals surface area contributed by atoms with Crippen LogP contribution in [0.3, 0.4) is 0 Å². The lowest BCUT2D eigenvalue weighted by Crippen LogP contribution is -2.11. The molecule has 1 fully saturated rings. The van der Waals surface area contributed by atoms with Gasteiger partial charge in [-0.1, -0.05) is 17.7 Å². The zero-order valence-corrected chi connectivity index (χ0v) is 11.8. The van der Waals surface area contributed by atoms with Crippen LogP contribution >= 0.6 is 11.8 Å². The fourth-order valence-electron chi connectivity index (χ4n) is 2.05. The van der Waals surface area contributed by atoms with Gasteiger partial charge >= 0.3 is 0 Å². The maximum Gasteiger partial charge on any atom is 0.191 e. The van der Waals surface area contributed by atoms with Crippen molar-refractivity contribution < 1.29 is 8.42 Å². The van der Waals surface area contributed by atoms with E-state index in [0.717, 1.165) is 17.4 Å². The van der Waals surface area contributed by atoms with Crippen LogP contribution in [-0.4, -0.2) is 40.4 Å². The summed E-state index contributed by atoms with van der Waals surface area (Å²) >= 11 is 1.46. The molecule has 0 bridgehead atoms. The van der Waals surface area contributed by atoms with Crippen LogP contribution in [0.4, 0.5) is 0 Å². The third kappa shape index (κ3) is 3.06. The number of aromatic nitrogens is 3. The smallest absolute Gasteiger partial charge is 0.191 e. The molecule has 1 aliphatic rings. The van der Waals surface area contributed by atoms with E-state index >= 15 is 0 Å². The highest BCUT2D eigenvalue weighted by molar-refractivity contribution is 7.99. The molecule has 0 N–H and O–H groups in total. The third-order valence-corrected chi connectivity index (χ3v) is 5.77. The second-order valence-electron chi connectivity index (χ2n) is 4.42. The molecule has 1 aliphatic heterocycles. The molecule has 5 nitrogen and oxygen atoms in total. The first-order valence-corrected chi connectivity index (χ1v) is 8.47. The molecule has 0 aliphatic carbocycles. The lowest BCUT2D eigenvalue weighted by atomic mass is 10.1. The third-order valence-electron chi connectivity index (χ3n) is 3.01. The Morgan fingerprint density at radius 1 is 1.56 bits per heavy atom. The largest absolute Gasteiger partial charge is 0.309 e. The summed E-state index contributed by atoms with van der Waals surface area (Å²) in [5.74, 6) is 4.67. The summed E-state index contributed by atoms with van der Waals surface area (Å²) in [4.78, 5) is 0. The monoisotopic (exact) mass is 285 g/mol. The van der Waals surface area contributed by atoms with E-state index in [1.165, 1.54) is 11.8 Å². The number of hydrogen-bond donors (Lipinski definition) is 0. The molecule has 18 heavy (non-hydrogen) atoms. The summed E-state index contributed by atoms with van der Waals surface area (Å²) < 4.78 is 24.7. The van der Waals surface area contributed by atoms with E-state index in [1.54, 1.807) is 0 Å². The standard InChI is InChI=1S/C11H15N3O2S2/c1-3-5-17-11-13-12-10(14(11)2)7-9-4-6-18(15,16)8-9/h1,9H,4-8H2,2H3/t9-/m0/s1. The number of nitrogens with zero attached hydrogens (tertiary/aromatic N) is 3. The molecule has 7 heteroatoms. The fourth-order valence-corrected chi connectivity index (χ4v) is 4.52. The van der Waals surface area contributed by atoms with Crippen LogP contribution in [0, 0.1) is 18.3 Å². The van der Waals surface area contributed by atoms with Crippen LogP contribution in [0.5, 0.6) is 0 Å². The van der Waals surface area contributed by atoms with Gasteiger partial charge in [-0.3, -0.25) is 0 Å². The van der Waals surface area contributed by atoms with Gasteiger partial charge in [-0.25, -0.2) is 8.42 Å². The van der Waals surface area contributed by atoms with Crippen molar-refractivity contribution in [3.8, 4) is 12.3 Å². The lowest BCUT2D eigenvalue weighted by Gasteiger charge is -2.07. The Balaban J connectivity index is 2.03. The molecule has 2 heterocycles. The second kappa shape index (κ2) is 5.33. The summed E-state index contributed by atoms with van der Waals surface area (Å²) in [5, 5.41) is 8.95. The van der Waals surface area contributed by atoms with E-state index < -0.39 is 9.84 Å². The topological polar surface area (TPSA) is 64.8 Å². The highest BCUT2D eigenvalue weighted by atomic mass is 32.2. The molecule has 0 aromatic carbocycles. The van der Waals surface area contributed by atoms with E-state index in [1.807, 2.05) is 11.6 Å². The van der Waals surface area contributed by atoms with Gasteiger partial charge in [0.1, 0.15) is 5.82 Å². The van der Waals surface area contributed by atoms with Gasteiger partial charge < -0.3 is 4.57 Å². The van der Waals surface area contributed by atoms with Gasteiger partial charge in [-0.15, -0.1) is 16.6 Å². The first kappa shape index (κ1) is 13.4. The van der Waals surface area contributed by atoms with Gasteiger partial charge in [-0.05, 0) is 12.3 Å². The Kier molecular flexibility index (Phi) is 3.97. The Labute approximate surface area is 111 Å². The highest BCUT2D eigenvalue weighted by Gasteiger charge is 2.29. The summed E-state index contributed by atoms with van der Waals surface area (Å²) in [6.07, 6.45) is 6.59. The van der Waals surface area contributed by atoms with Gasteiger partial charge in [0, 0.05) is 13.5 Å². The molecule has 0 amide bonds. The molecule has 98 valence electrons. The van der Waals surface area contributed by atoms with Crippen LogP contribution in [0.25, 0.3) is 0 Å². The first-order valence-electron chi connectivity index (χ1n) is 5.67. The van der Waals surface area contributed by atoms with Gasteiger partial charge in [0.25, 0.3) is 0 Å². The Bertz CT molecular complexity index is 572. The van der Waals surface area contributed by atoms with Crippen molar-refractivity contribution in [2.24, 2.45) is 13.0 Å². The van der Waals surface area contributed by atoms with Gasteiger partial charge in [0.15, 0.2) is 15.0 Å². The van der Waals surface area contributed by atoms with Gasteiger partial charge in [0.05, 0.1) is 17.3 Å². The average Bonchev–Trinajstić information content (AvgIpc) is 2.82. The fraction of sp³-hybridized carbons (Fsp3) is 0.636. The minimum absolute atomic E-state index is 0.170. The van der Waals surface area contributed by atoms with Crippen molar-refractivity contribution in [3.63, 3.8) is 0 Å². The zero-order valence-electron chi connectivity index (χ0n) is 10.2. The lowest BCUT2D eigenvalue weighted by molar-refractivity contribution is 0.552. The Morgan fingerprint density at radius 2 is 2.33 bits per heavy atom. The molecule has 2 rings (SSSR count). The summed E-state index contributed by atoms with van der Waals surface area (Å²) in [6, 6.07) is 0. The SMILES string of the molecule is C#CCSc1nnc(C[C@@H]2CCS(=O)(=O)C2)n1C. The molecular formula is C11H15N3O2S2. The van der Waals surface area contributed by atoms with Crippen molar-refractivity contribution in [3.05, 3.63) is 5.82 Å². The van der Waals surface area contributed by atoms with Crippen LogP contribution in [-0.2, 0) is 23.3 Å². The van der Waals surface area contributed by atoms with E-state index in [-0.39, 0.29) is 11.7 Å². The average molecular weight is 285 g/mol. The van der Waals surface area contributed by atoms with Crippen molar-refractivity contribution in [2.75, 3.05) is 17.3 Å². The molecule has 0 spiro atoms. The van der Waals surface area contributed by atoms with Gasteiger partial charge in [-0.2, -0.15) is 0 Å². The van der Waals surface area contributed by atoms with Gasteiger partial charge in [0.2, 0.25) is 0 Å². The molecule has 0 saturated carbocycles. The second-order valence-corrected chi connectivity index (χ2v) is 7.60. The molecule has 1 saturated heterocycles. The maximum absolute atomic E-state index is 11.4. The predicted octanol–water partition coefficient (Wildman–Crippen LogP) is 0.518. The van der Waals surface area contributed by atoms with E-state index in [2.05, 4.69) is 16.1 Å². The Hall–Kier alpha value is -1.00. The molecule has 1 aromatic heterocycles. The van der Waals surface area contributed by atoms with Crippen LogP contribution in [0.15, 0.2) is 5.16 Å². The molecule has 0 radical (unpaired) electrons. The summed E-state index contributed by atoms with van der Waals surface area (Å²) in [7, 11) is -0.938. The van der Waals surface area contributed by atoms with Crippen LogP contribution in [0.2, 0.25) is 0 Å². The van der Waals surface area contributed by atoms with Crippen molar-refractivity contribution >= 4 is 21.6 Å². The van der Waals surface area contributed by atoms with E-state index in [4.69, 9.17) is 6.42 Å². The normalized spacial score (nSPS) is 21.9. The first-order chi connectivity index (χ1) is 8.52. The van der Waals surface area contributed by atoms with E-state index in [0.29, 0.717) is 17.9 Å². The van der Waals surface area contributed by atoms with Crippen molar-refractivity contribution in [1.29, 1.82) is 0 Å². The number of rotatable bonds is 4. The zero-order chi connectivity index (χ0) is 13.2. The predicted molar refractivity (Wildman–Crippen MR) is 71.0 cm³/mol. The number of terminal acetylenes is 1. The van der Waals surface area contributed by atoms with Crippen molar-refractivity contribution in [1.82, 2.24) is 14.8 Å². The summed E-state index contributed by atoms with van der Waals surface area (Å²) in [6.45, 7) is 0.